The van der Waals surface area contributed by atoms with Gasteiger partial charge in [0.1, 0.15) is 0 Å². The van der Waals surface area contributed by atoms with Gasteiger partial charge < -0.3 is 10.5 Å². The summed E-state index contributed by atoms with van der Waals surface area (Å²) in [5.41, 5.74) is 5.62. The summed E-state index contributed by atoms with van der Waals surface area (Å²) in [6.45, 7) is 1.31. The second-order valence-corrected chi connectivity index (χ2v) is 2.41. The van der Waals surface area contributed by atoms with Crippen molar-refractivity contribution in [1.29, 1.82) is 0 Å². The lowest BCUT2D eigenvalue weighted by atomic mass is 10.1. The molecule has 2 atom stereocenters. The van der Waals surface area contributed by atoms with Crippen LogP contribution in [0.25, 0.3) is 0 Å². The second kappa shape index (κ2) is 3.53. The van der Waals surface area contributed by atoms with Gasteiger partial charge in [0.15, 0.2) is 6.23 Å². The molecule has 0 radical (unpaired) electrons. The van der Waals surface area contributed by atoms with Crippen LogP contribution in [0.1, 0.15) is 12.8 Å². The number of hydrogen-bond acceptors (Lipinski definition) is 4. The minimum Gasteiger partial charge on any atom is -0.447 e. The summed E-state index contributed by atoms with van der Waals surface area (Å²) in [4.78, 5) is 9.90. The van der Waals surface area contributed by atoms with Crippen molar-refractivity contribution in [1.82, 2.24) is 5.32 Å². The van der Waals surface area contributed by atoms with Crippen LogP contribution in [-0.2, 0) is 9.53 Å². The molecule has 58 valence electrons. The number of hydrogen-bond donors (Lipinski definition) is 2. The number of carbonyl (C=O) groups is 1. The van der Waals surface area contributed by atoms with Gasteiger partial charge in [-0.25, -0.2) is 0 Å². The highest BCUT2D eigenvalue weighted by atomic mass is 16.5. The Morgan fingerprint density at radius 3 is 3.10 bits per heavy atom. The van der Waals surface area contributed by atoms with Crippen molar-refractivity contribution in [2.45, 2.75) is 25.1 Å². The van der Waals surface area contributed by atoms with Crippen LogP contribution in [0, 0.1) is 0 Å². The van der Waals surface area contributed by atoms with Gasteiger partial charge >= 0.3 is 0 Å². The molecule has 0 amide bonds. The third-order valence-electron chi connectivity index (χ3n) is 1.65. The van der Waals surface area contributed by atoms with Crippen LogP contribution >= 0.6 is 0 Å². The van der Waals surface area contributed by atoms with E-state index in [9.17, 15) is 4.79 Å². The molecule has 4 heteroatoms. The van der Waals surface area contributed by atoms with Crippen molar-refractivity contribution in [3.8, 4) is 0 Å². The first-order chi connectivity index (χ1) is 4.84. The Bertz CT molecular complexity index is 118. The molecule has 0 spiro atoms. The molecule has 10 heavy (non-hydrogen) atoms. The fourth-order valence-electron chi connectivity index (χ4n) is 1.09. The van der Waals surface area contributed by atoms with Gasteiger partial charge in [-0.05, 0) is 19.4 Å². The van der Waals surface area contributed by atoms with Crippen LogP contribution in [0.4, 0.5) is 0 Å². The van der Waals surface area contributed by atoms with Crippen molar-refractivity contribution in [3.05, 3.63) is 0 Å². The molecular weight excluding hydrogens is 132 g/mol. The predicted molar refractivity (Wildman–Crippen MR) is 36.1 cm³/mol. The second-order valence-electron chi connectivity index (χ2n) is 2.41. The van der Waals surface area contributed by atoms with Gasteiger partial charge in [0, 0.05) is 0 Å². The van der Waals surface area contributed by atoms with Crippen LogP contribution in [-0.4, -0.2) is 25.3 Å². The zero-order valence-electron chi connectivity index (χ0n) is 5.75. The maximum atomic E-state index is 9.90. The molecule has 1 heterocycles. The molecule has 2 unspecified atom stereocenters. The summed E-state index contributed by atoms with van der Waals surface area (Å²) in [7, 11) is 0. The molecule has 1 saturated heterocycles. The first kappa shape index (κ1) is 7.50. The molecule has 0 aromatic rings. The summed E-state index contributed by atoms with van der Waals surface area (Å²) in [6, 6.07) is -0.0426. The van der Waals surface area contributed by atoms with E-state index in [1.54, 1.807) is 0 Å². The molecule has 4 nitrogen and oxygen atoms in total. The van der Waals surface area contributed by atoms with Crippen molar-refractivity contribution >= 4 is 6.47 Å². The third kappa shape index (κ3) is 1.68. The minimum atomic E-state index is -0.272. The third-order valence-corrected chi connectivity index (χ3v) is 1.65. The van der Waals surface area contributed by atoms with E-state index < -0.39 is 0 Å². The summed E-state index contributed by atoms with van der Waals surface area (Å²) >= 11 is 0. The monoisotopic (exact) mass is 144 g/mol. The van der Waals surface area contributed by atoms with Gasteiger partial charge in [0.25, 0.3) is 6.47 Å². The summed E-state index contributed by atoms with van der Waals surface area (Å²) in [5.74, 6) is 0. The number of nitrogens with one attached hydrogen (secondary N) is 1. The molecule has 3 N–H and O–H groups in total. The molecule has 1 fully saturated rings. The highest BCUT2D eigenvalue weighted by Gasteiger charge is 2.21. The van der Waals surface area contributed by atoms with E-state index in [1.165, 1.54) is 0 Å². The summed E-state index contributed by atoms with van der Waals surface area (Å²) < 4.78 is 4.68. The van der Waals surface area contributed by atoms with Crippen LogP contribution in [0.2, 0.25) is 0 Å². The van der Waals surface area contributed by atoms with Crippen molar-refractivity contribution < 1.29 is 9.53 Å². The molecule has 1 rings (SSSR count). The zero-order valence-corrected chi connectivity index (χ0v) is 5.75. The SMILES string of the molecule is NC1CCCNC1OC=O. The van der Waals surface area contributed by atoms with E-state index in [2.05, 4.69) is 10.1 Å². The highest BCUT2D eigenvalue weighted by Crippen LogP contribution is 2.05. The van der Waals surface area contributed by atoms with E-state index in [-0.39, 0.29) is 12.3 Å². The van der Waals surface area contributed by atoms with Gasteiger partial charge in [-0.1, -0.05) is 0 Å². The number of piperidine rings is 1. The Labute approximate surface area is 59.7 Å². The van der Waals surface area contributed by atoms with Crippen LogP contribution in [0.3, 0.4) is 0 Å². The average molecular weight is 144 g/mol. The Kier molecular flexibility index (Phi) is 2.65. The van der Waals surface area contributed by atoms with Gasteiger partial charge in [-0.3, -0.25) is 10.1 Å². The standard InChI is InChI=1S/C6H12N2O2/c7-5-2-1-3-8-6(5)10-4-9/h4-6,8H,1-3,7H2. The van der Waals surface area contributed by atoms with Crippen LogP contribution in [0.5, 0.6) is 0 Å². The van der Waals surface area contributed by atoms with E-state index in [1.807, 2.05) is 0 Å². The number of carbonyl (C=O) groups excluding carboxylic acids is 1. The first-order valence-electron chi connectivity index (χ1n) is 3.42. The quantitative estimate of drug-likeness (QED) is 0.498. The first-order valence-corrected chi connectivity index (χ1v) is 3.42. The topological polar surface area (TPSA) is 64.3 Å². The van der Waals surface area contributed by atoms with E-state index in [0.29, 0.717) is 6.47 Å². The normalized spacial score (nSPS) is 33.3. The Hall–Kier alpha value is -0.610. The molecule has 0 aliphatic carbocycles. The number of ether oxygens (including phenoxy) is 1. The average Bonchev–Trinajstić information content (AvgIpc) is 1.94. The van der Waals surface area contributed by atoms with Gasteiger partial charge in [-0.2, -0.15) is 0 Å². The maximum absolute atomic E-state index is 9.90. The molecule has 0 aromatic heterocycles. The predicted octanol–water partition coefficient (Wildman–Crippen LogP) is -0.804. The lowest BCUT2D eigenvalue weighted by Crippen LogP contribution is -2.50. The largest absolute Gasteiger partial charge is 0.447 e. The van der Waals surface area contributed by atoms with Gasteiger partial charge in [0.05, 0.1) is 6.04 Å². The number of rotatable bonds is 2. The molecule has 0 bridgehead atoms. The van der Waals surface area contributed by atoms with Crippen molar-refractivity contribution in [2.75, 3.05) is 6.54 Å². The molecule has 0 saturated carbocycles. The van der Waals surface area contributed by atoms with Crippen molar-refractivity contribution in [2.24, 2.45) is 5.73 Å². The zero-order chi connectivity index (χ0) is 7.40. The lowest BCUT2D eigenvalue weighted by Gasteiger charge is -2.27. The minimum absolute atomic E-state index is 0.0426. The van der Waals surface area contributed by atoms with Crippen LogP contribution < -0.4 is 11.1 Å². The molecule has 1 aliphatic heterocycles. The lowest BCUT2D eigenvalue weighted by molar-refractivity contribution is -0.137. The smallest absolute Gasteiger partial charge is 0.294 e. The number of nitrogens with two attached hydrogens (primary N) is 1. The Morgan fingerprint density at radius 1 is 1.70 bits per heavy atom. The molecule has 1 aliphatic rings. The molecule has 0 aromatic carbocycles. The van der Waals surface area contributed by atoms with Gasteiger partial charge in [-0.15, -0.1) is 0 Å². The summed E-state index contributed by atoms with van der Waals surface area (Å²) in [6.07, 6.45) is 1.71. The molecular formula is C6H12N2O2. The van der Waals surface area contributed by atoms with E-state index in [0.717, 1.165) is 19.4 Å². The van der Waals surface area contributed by atoms with Gasteiger partial charge in [0.2, 0.25) is 0 Å². The Balaban J connectivity index is 2.32. The van der Waals surface area contributed by atoms with Crippen molar-refractivity contribution in [3.63, 3.8) is 0 Å². The fraction of sp³-hybridized carbons (Fsp3) is 0.833. The summed E-state index contributed by atoms with van der Waals surface area (Å²) in [5, 5.41) is 2.99. The fourth-order valence-corrected chi connectivity index (χ4v) is 1.09. The van der Waals surface area contributed by atoms with Crippen LogP contribution in [0.15, 0.2) is 0 Å². The Morgan fingerprint density at radius 2 is 2.50 bits per heavy atom. The maximum Gasteiger partial charge on any atom is 0.294 e. The highest BCUT2D eigenvalue weighted by molar-refractivity contribution is 5.37. The van der Waals surface area contributed by atoms with E-state index in [4.69, 9.17) is 5.73 Å². The van der Waals surface area contributed by atoms with E-state index >= 15 is 0 Å².